The van der Waals surface area contributed by atoms with Gasteiger partial charge in [-0.05, 0) is 19.1 Å². The second-order valence-electron chi connectivity index (χ2n) is 4.20. The highest BCUT2D eigenvalue weighted by Gasteiger charge is 2.15. The summed E-state index contributed by atoms with van der Waals surface area (Å²) in [7, 11) is 0. The van der Waals surface area contributed by atoms with Crippen molar-refractivity contribution in [2.24, 2.45) is 0 Å². The third-order valence-corrected chi connectivity index (χ3v) is 2.66. The molecule has 0 atom stereocenters. The zero-order chi connectivity index (χ0) is 15.7. The van der Waals surface area contributed by atoms with E-state index in [1.54, 1.807) is 24.3 Å². The van der Waals surface area contributed by atoms with Gasteiger partial charge >= 0.3 is 0 Å². The number of aliphatic hydroxyl groups excluding tert-OH is 1. The minimum absolute atomic E-state index is 0.124. The molecule has 116 valence electrons. The molecule has 0 spiro atoms. The SMILES string of the molecule is CCOc1ccccc1/C=C/C(=O)N(CCO)CC(F)F. The average Bonchev–Trinajstić information content (AvgIpc) is 2.45. The van der Waals surface area contributed by atoms with E-state index in [2.05, 4.69) is 0 Å². The lowest BCUT2D eigenvalue weighted by Crippen LogP contribution is -2.36. The van der Waals surface area contributed by atoms with Crippen LogP contribution < -0.4 is 4.74 Å². The number of benzene rings is 1. The smallest absolute Gasteiger partial charge is 0.255 e. The van der Waals surface area contributed by atoms with Crippen molar-refractivity contribution < 1.29 is 23.4 Å². The number of halogens is 2. The summed E-state index contributed by atoms with van der Waals surface area (Å²) in [5.74, 6) is 0.0438. The molecular weight excluding hydrogens is 280 g/mol. The van der Waals surface area contributed by atoms with Crippen LogP contribution in [-0.4, -0.2) is 48.6 Å². The van der Waals surface area contributed by atoms with E-state index in [-0.39, 0.29) is 13.2 Å². The van der Waals surface area contributed by atoms with Gasteiger partial charge in [-0.1, -0.05) is 18.2 Å². The number of aliphatic hydroxyl groups is 1. The molecular formula is C15H19F2NO3. The lowest BCUT2D eigenvalue weighted by atomic mass is 10.2. The van der Waals surface area contributed by atoms with Crippen LogP contribution >= 0.6 is 0 Å². The van der Waals surface area contributed by atoms with Crippen molar-refractivity contribution in [3.05, 3.63) is 35.9 Å². The normalized spacial score (nSPS) is 11.1. The molecule has 0 heterocycles. The van der Waals surface area contributed by atoms with Gasteiger partial charge in [-0.25, -0.2) is 8.78 Å². The molecule has 0 bridgehead atoms. The highest BCUT2D eigenvalue weighted by atomic mass is 19.3. The minimum atomic E-state index is -2.63. The van der Waals surface area contributed by atoms with Gasteiger partial charge in [0.1, 0.15) is 5.75 Å². The van der Waals surface area contributed by atoms with Crippen LogP contribution in [0.3, 0.4) is 0 Å². The van der Waals surface area contributed by atoms with Crippen LogP contribution in [0.1, 0.15) is 12.5 Å². The third-order valence-electron chi connectivity index (χ3n) is 2.66. The molecule has 21 heavy (non-hydrogen) atoms. The number of amides is 1. The Balaban J connectivity index is 2.80. The van der Waals surface area contributed by atoms with Crippen molar-refractivity contribution >= 4 is 12.0 Å². The van der Waals surface area contributed by atoms with Crippen molar-refractivity contribution in [3.8, 4) is 5.75 Å². The van der Waals surface area contributed by atoms with Crippen molar-refractivity contribution in [1.82, 2.24) is 4.90 Å². The van der Waals surface area contributed by atoms with Crippen LogP contribution in [0.5, 0.6) is 5.75 Å². The number of carbonyl (C=O) groups excluding carboxylic acids is 1. The standard InChI is InChI=1S/C15H19F2NO3/c1-2-21-13-6-4-3-5-12(13)7-8-15(20)18(9-10-19)11-14(16)17/h3-8,14,19H,2,9-11H2,1H3/b8-7+. The second kappa shape index (κ2) is 9.07. The Bertz CT molecular complexity index is 478. The number of para-hydroxylation sites is 1. The zero-order valence-corrected chi connectivity index (χ0v) is 11.8. The molecule has 0 radical (unpaired) electrons. The maximum atomic E-state index is 12.4. The summed E-state index contributed by atoms with van der Waals surface area (Å²) in [6, 6.07) is 7.12. The predicted molar refractivity (Wildman–Crippen MR) is 76.3 cm³/mol. The van der Waals surface area contributed by atoms with Crippen LogP contribution in [0, 0.1) is 0 Å². The molecule has 0 aromatic heterocycles. The minimum Gasteiger partial charge on any atom is -0.493 e. The molecule has 0 aliphatic rings. The number of alkyl halides is 2. The molecule has 1 rings (SSSR count). The first-order chi connectivity index (χ1) is 10.1. The summed E-state index contributed by atoms with van der Waals surface area (Å²) >= 11 is 0. The Hall–Kier alpha value is -1.95. The van der Waals surface area contributed by atoms with E-state index in [0.717, 1.165) is 4.90 Å². The highest BCUT2D eigenvalue weighted by molar-refractivity contribution is 5.92. The maximum absolute atomic E-state index is 12.4. The van der Waals surface area contributed by atoms with E-state index in [4.69, 9.17) is 9.84 Å². The zero-order valence-electron chi connectivity index (χ0n) is 11.8. The summed E-state index contributed by atoms with van der Waals surface area (Å²) in [6.45, 7) is 1.15. The summed E-state index contributed by atoms with van der Waals surface area (Å²) in [6.07, 6.45) is 0.0867. The summed E-state index contributed by atoms with van der Waals surface area (Å²) in [5.41, 5.74) is 0.689. The van der Waals surface area contributed by atoms with Crippen LogP contribution in [0.4, 0.5) is 8.78 Å². The fourth-order valence-corrected chi connectivity index (χ4v) is 1.75. The molecule has 0 aliphatic heterocycles. The fourth-order valence-electron chi connectivity index (χ4n) is 1.75. The van der Waals surface area contributed by atoms with E-state index in [1.165, 1.54) is 12.2 Å². The molecule has 0 fully saturated rings. The molecule has 1 amide bonds. The lowest BCUT2D eigenvalue weighted by molar-refractivity contribution is -0.128. The number of hydrogen-bond donors (Lipinski definition) is 1. The molecule has 1 N–H and O–H groups in total. The predicted octanol–water partition coefficient (Wildman–Crippen LogP) is 2.18. The fraction of sp³-hybridized carbons (Fsp3) is 0.400. The summed E-state index contributed by atoms with van der Waals surface area (Å²) in [5, 5.41) is 8.81. The second-order valence-corrected chi connectivity index (χ2v) is 4.20. The van der Waals surface area contributed by atoms with Gasteiger partial charge in [-0.2, -0.15) is 0 Å². The molecule has 0 unspecified atom stereocenters. The van der Waals surface area contributed by atoms with Crippen LogP contribution in [0.15, 0.2) is 30.3 Å². The number of rotatable bonds is 8. The first kappa shape index (κ1) is 17.1. The lowest BCUT2D eigenvalue weighted by Gasteiger charge is -2.19. The van der Waals surface area contributed by atoms with Crippen LogP contribution in [0.25, 0.3) is 6.08 Å². The van der Waals surface area contributed by atoms with Crippen molar-refractivity contribution in [3.63, 3.8) is 0 Å². The maximum Gasteiger partial charge on any atom is 0.255 e. The molecule has 6 heteroatoms. The van der Waals surface area contributed by atoms with E-state index in [9.17, 15) is 13.6 Å². The quantitative estimate of drug-likeness (QED) is 0.749. The molecule has 4 nitrogen and oxygen atoms in total. The number of carbonyl (C=O) groups is 1. The number of nitrogens with zero attached hydrogens (tertiary/aromatic N) is 1. The van der Waals surface area contributed by atoms with Gasteiger partial charge in [0.25, 0.3) is 6.43 Å². The molecule has 0 saturated carbocycles. The Morgan fingerprint density at radius 3 is 2.76 bits per heavy atom. The van der Waals surface area contributed by atoms with Gasteiger partial charge in [-0.3, -0.25) is 4.79 Å². The number of ether oxygens (including phenoxy) is 1. The Morgan fingerprint density at radius 1 is 1.43 bits per heavy atom. The van der Waals surface area contributed by atoms with Crippen molar-refractivity contribution in [2.75, 3.05) is 26.3 Å². The van der Waals surface area contributed by atoms with Crippen LogP contribution in [0.2, 0.25) is 0 Å². The third kappa shape index (κ3) is 5.91. The number of hydrogen-bond acceptors (Lipinski definition) is 3. The molecule has 0 aliphatic carbocycles. The van der Waals surface area contributed by atoms with Gasteiger partial charge in [0.05, 0.1) is 19.8 Å². The van der Waals surface area contributed by atoms with Crippen LogP contribution in [-0.2, 0) is 4.79 Å². The average molecular weight is 299 g/mol. The first-order valence-electron chi connectivity index (χ1n) is 6.66. The largest absolute Gasteiger partial charge is 0.493 e. The first-order valence-corrected chi connectivity index (χ1v) is 6.66. The topological polar surface area (TPSA) is 49.8 Å². The monoisotopic (exact) mass is 299 g/mol. The highest BCUT2D eigenvalue weighted by Crippen LogP contribution is 2.19. The van der Waals surface area contributed by atoms with E-state index < -0.39 is 18.9 Å². The molecule has 0 saturated heterocycles. The van der Waals surface area contributed by atoms with E-state index in [0.29, 0.717) is 17.9 Å². The molecule has 1 aromatic rings. The van der Waals surface area contributed by atoms with Gasteiger partial charge < -0.3 is 14.7 Å². The Morgan fingerprint density at radius 2 is 2.14 bits per heavy atom. The van der Waals surface area contributed by atoms with E-state index in [1.807, 2.05) is 6.92 Å². The van der Waals surface area contributed by atoms with Gasteiger partial charge in [-0.15, -0.1) is 0 Å². The summed E-state index contributed by atoms with van der Waals surface area (Å²) < 4.78 is 30.2. The van der Waals surface area contributed by atoms with Crippen molar-refractivity contribution in [2.45, 2.75) is 13.3 Å². The summed E-state index contributed by atoms with van der Waals surface area (Å²) in [4.78, 5) is 12.8. The Kier molecular flexibility index (Phi) is 7.39. The van der Waals surface area contributed by atoms with Gasteiger partial charge in [0.15, 0.2) is 0 Å². The van der Waals surface area contributed by atoms with Gasteiger partial charge in [0, 0.05) is 18.2 Å². The molecule has 1 aromatic carbocycles. The van der Waals surface area contributed by atoms with E-state index >= 15 is 0 Å². The Labute approximate surface area is 122 Å². The van der Waals surface area contributed by atoms with Gasteiger partial charge in [0.2, 0.25) is 5.91 Å². The van der Waals surface area contributed by atoms with Crippen molar-refractivity contribution in [1.29, 1.82) is 0 Å².